The second-order valence-corrected chi connectivity index (χ2v) is 21.5. The first-order valence-electron chi connectivity index (χ1n) is 17.9. The van der Waals surface area contributed by atoms with E-state index in [2.05, 4.69) is 5.16 Å². The number of Topliss-reactive ketones (excluding diaryl/α,β-unsaturated/α-hetero) is 2. The van der Waals surface area contributed by atoms with Crippen molar-refractivity contribution in [3.63, 3.8) is 0 Å². The van der Waals surface area contributed by atoms with Gasteiger partial charge in [-0.3, -0.25) is 14.5 Å². The van der Waals surface area contributed by atoms with Crippen LogP contribution in [0.25, 0.3) is 5.76 Å². The van der Waals surface area contributed by atoms with E-state index in [1.165, 1.54) is 13.2 Å². The monoisotopic (exact) mass is 742 g/mol. The molecule has 3 aliphatic rings. The van der Waals surface area contributed by atoms with Gasteiger partial charge in [-0.1, -0.05) is 34.1 Å². The summed E-state index contributed by atoms with van der Waals surface area (Å²) in [6, 6.07) is 0.757. The normalized spacial score (nSPS) is 23.2. The SMILES string of the molecule is CCCCOc1noc2c1C(=O)[C@@]1(O[Si](C)(C)C(C)(C)C)C(=O)C3=C(O)c4c(OC(=O)OC(C)(C)C)cc(CO)c(OC)c4C[C@H]3C[C@H]1[C@@H]2N(C)C. The van der Waals surface area contributed by atoms with Gasteiger partial charge in [0, 0.05) is 22.6 Å². The Hall–Kier alpha value is -3.72. The third kappa shape index (κ3) is 6.56. The van der Waals surface area contributed by atoms with Gasteiger partial charge in [-0.05, 0) is 89.4 Å². The minimum absolute atomic E-state index is 0.00508. The number of rotatable bonds is 10. The molecule has 1 saturated carbocycles. The molecule has 5 rings (SSSR count). The number of hydrogen-bond donors (Lipinski definition) is 2. The molecule has 13 nitrogen and oxygen atoms in total. The summed E-state index contributed by atoms with van der Waals surface area (Å²) >= 11 is 0. The van der Waals surface area contributed by atoms with Crippen LogP contribution in [0.5, 0.6) is 17.4 Å². The molecule has 0 bridgehead atoms. The van der Waals surface area contributed by atoms with Crippen molar-refractivity contribution in [3.8, 4) is 17.4 Å². The number of benzene rings is 1. The van der Waals surface area contributed by atoms with Gasteiger partial charge in [-0.25, -0.2) is 4.79 Å². The van der Waals surface area contributed by atoms with E-state index in [9.17, 15) is 15.0 Å². The van der Waals surface area contributed by atoms with Gasteiger partial charge < -0.3 is 38.1 Å². The maximum Gasteiger partial charge on any atom is 0.514 e. The van der Waals surface area contributed by atoms with Crippen molar-refractivity contribution in [2.24, 2.45) is 11.8 Å². The van der Waals surface area contributed by atoms with Gasteiger partial charge in [0.25, 0.3) is 5.88 Å². The topological polar surface area (TPSA) is 167 Å². The van der Waals surface area contributed by atoms with Crippen LogP contribution < -0.4 is 14.2 Å². The van der Waals surface area contributed by atoms with E-state index in [4.69, 9.17) is 27.9 Å². The van der Waals surface area contributed by atoms with Gasteiger partial charge in [-0.2, -0.15) is 0 Å². The van der Waals surface area contributed by atoms with Crippen LogP contribution in [0.3, 0.4) is 0 Å². The number of aliphatic hydroxyl groups excluding tert-OH is 2. The Morgan fingerprint density at radius 1 is 1.12 bits per heavy atom. The summed E-state index contributed by atoms with van der Waals surface area (Å²) in [5, 5.41) is 26.4. The minimum Gasteiger partial charge on any atom is -0.507 e. The number of carbonyl (C=O) groups excluding carboxylic acids is 3. The molecule has 1 heterocycles. The molecule has 0 unspecified atom stereocenters. The van der Waals surface area contributed by atoms with Crippen molar-refractivity contribution in [1.29, 1.82) is 0 Å². The number of ether oxygens (including phenoxy) is 4. The average molecular weight is 743 g/mol. The molecule has 2 N–H and O–H groups in total. The average Bonchev–Trinajstić information content (AvgIpc) is 3.43. The molecule has 0 radical (unpaired) electrons. The Bertz CT molecular complexity index is 1780. The summed E-state index contributed by atoms with van der Waals surface area (Å²) in [5.41, 5.74) is -2.10. The highest BCUT2D eigenvalue weighted by Gasteiger charge is 2.69. The van der Waals surface area contributed by atoms with Crippen molar-refractivity contribution in [3.05, 3.63) is 39.7 Å². The number of fused-ring (bicyclic) bond motifs is 4. The van der Waals surface area contributed by atoms with Crippen LogP contribution in [-0.4, -0.2) is 85.3 Å². The lowest BCUT2D eigenvalue weighted by Gasteiger charge is -2.55. The molecule has 1 aromatic carbocycles. The quantitative estimate of drug-likeness (QED) is 0.0844. The second-order valence-electron chi connectivity index (χ2n) is 16.7. The van der Waals surface area contributed by atoms with Gasteiger partial charge in [0.15, 0.2) is 19.7 Å². The third-order valence-corrected chi connectivity index (χ3v) is 15.2. The van der Waals surface area contributed by atoms with Crippen LogP contribution in [-0.2, 0) is 27.0 Å². The van der Waals surface area contributed by atoms with E-state index < -0.39 is 72.5 Å². The van der Waals surface area contributed by atoms with E-state index in [-0.39, 0.29) is 46.9 Å². The van der Waals surface area contributed by atoms with Crippen LogP contribution in [0.2, 0.25) is 18.1 Å². The van der Waals surface area contributed by atoms with Crippen LogP contribution in [0.15, 0.2) is 16.2 Å². The molecule has 0 saturated heterocycles. The van der Waals surface area contributed by atoms with Crippen LogP contribution in [0, 0.1) is 11.8 Å². The molecule has 0 spiro atoms. The molecule has 52 heavy (non-hydrogen) atoms. The van der Waals surface area contributed by atoms with E-state index in [0.29, 0.717) is 23.5 Å². The van der Waals surface area contributed by atoms with Gasteiger partial charge in [0.05, 0.1) is 31.9 Å². The van der Waals surface area contributed by atoms with Crippen molar-refractivity contribution in [2.75, 3.05) is 27.8 Å². The highest BCUT2D eigenvalue weighted by molar-refractivity contribution is 6.74. The molecule has 286 valence electrons. The fourth-order valence-electron chi connectivity index (χ4n) is 7.45. The van der Waals surface area contributed by atoms with Crippen molar-refractivity contribution in [1.82, 2.24) is 10.1 Å². The van der Waals surface area contributed by atoms with Gasteiger partial charge in [-0.15, -0.1) is 0 Å². The van der Waals surface area contributed by atoms with E-state index in [0.717, 1.165) is 12.8 Å². The summed E-state index contributed by atoms with van der Waals surface area (Å²) in [4.78, 5) is 45.7. The maximum atomic E-state index is 15.6. The smallest absolute Gasteiger partial charge is 0.507 e. The molecule has 3 aliphatic carbocycles. The summed E-state index contributed by atoms with van der Waals surface area (Å²) in [6.07, 6.45) is 0.931. The largest absolute Gasteiger partial charge is 0.514 e. The van der Waals surface area contributed by atoms with Crippen LogP contribution in [0.1, 0.15) is 107 Å². The summed E-state index contributed by atoms with van der Waals surface area (Å²) in [6.45, 7) is 17.0. The van der Waals surface area contributed by atoms with Crippen molar-refractivity contribution >= 4 is 31.8 Å². The third-order valence-electron chi connectivity index (χ3n) is 10.8. The minimum atomic E-state index is -2.93. The van der Waals surface area contributed by atoms with Gasteiger partial charge in [0.1, 0.15) is 28.4 Å². The number of aromatic nitrogens is 1. The first-order chi connectivity index (χ1) is 24.1. The number of aliphatic hydroxyl groups is 2. The lowest BCUT2D eigenvalue weighted by atomic mass is 9.57. The Kier molecular flexibility index (Phi) is 10.6. The first kappa shape index (κ1) is 39.5. The molecular weight excluding hydrogens is 689 g/mol. The number of methoxy groups -OCH3 is 1. The predicted octanol–water partition coefficient (Wildman–Crippen LogP) is 6.96. The molecule has 1 aromatic heterocycles. The zero-order valence-electron chi connectivity index (χ0n) is 32.5. The number of ketones is 2. The van der Waals surface area contributed by atoms with E-state index >= 15 is 9.59 Å². The maximum absolute atomic E-state index is 15.6. The van der Waals surface area contributed by atoms with Crippen LogP contribution >= 0.6 is 0 Å². The molecule has 4 atom stereocenters. The Morgan fingerprint density at radius 2 is 1.79 bits per heavy atom. The molecule has 1 fully saturated rings. The summed E-state index contributed by atoms with van der Waals surface area (Å²) in [5.74, 6) is -2.64. The van der Waals surface area contributed by atoms with Crippen molar-refractivity contribution in [2.45, 2.75) is 116 Å². The molecule has 14 heteroatoms. The van der Waals surface area contributed by atoms with Gasteiger partial charge >= 0.3 is 6.16 Å². The number of unbranched alkanes of at least 4 members (excludes halogenated alkanes) is 1. The first-order valence-corrected chi connectivity index (χ1v) is 20.8. The Labute approximate surface area is 306 Å². The van der Waals surface area contributed by atoms with Crippen molar-refractivity contribution < 1.29 is 52.5 Å². The lowest BCUT2D eigenvalue weighted by Crippen LogP contribution is -2.68. The molecule has 0 amide bonds. The zero-order valence-corrected chi connectivity index (χ0v) is 33.5. The highest BCUT2D eigenvalue weighted by Crippen LogP contribution is 2.59. The number of nitrogens with zero attached hydrogens (tertiary/aromatic N) is 2. The zero-order chi connectivity index (χ0) is 38.7. The summed E-state index contributed by atoms with van der Waals surface area (Å²) < 4.78 is 35.9. The van der Waals surface area contributed by atoms with E-state index in [1.807, 2.05) is 59.8 Å². The molecule has 0 aliphatic heterocycles. The molecule has 2 aromatic rings. The van der Waals surface area contributed by atoms with E-state index in [1.54, 1.807) is 20.8 Å². The number of carbonyl (C=O) groups is 3. The van der Waals surface area contributed by atoms with Gasteiger partial charge in [0.2, 0.25) is 11.6 Å². The second kappa shape index (κ2) is 13.9. The fourth-order valence-corrected chi connectivity index (χ4v) is 8.90. The number of hydrogen-bond acceptors (Lipinski definition) is 13. The van der Waals surface area contributed by atoms with Crippen LogP contribution in [0.4, 0.5) is 4.79 Å². The Morgan fingerprint density at radius 3 is 2.35 bits per heavy atom. The standard InChI is InChI=1S/C38H54N2O11Si/c1-13-14-15-47-34-27-31(50-39-34)28(40(8)9)23-17-20-16-22-26(24(18-21(19-41)30(22)46-10)48-35(45)49-36(2,3)4)29(42)25(20)32(43)38(23,33(27)44)51-52(11,12)37(5,6)7/h18,20,23,28,41-42H,13-17,19H2,1-12H3/t20-,23-,28-,38-/m0/s1. The fraction of sp³-hybridized carbons (Fsp3) is 0.632. The summed E-state index contributed by atoms with van der Waals surface area (Å²) in [7, 11) is 2.21. The molecular formula is C38H54N2O11Si. The predicted molar refractivity (Wildman–Crippen MR) is 194 cm³/mol. The highest BCUT2D eigenvalue weighted by atomic mass is 28.4. The Balaban J connectivity index is 1.79. The lowest BCUT2D eigenvalue weighted by molar-refractivity contribution is -0.140.